The number of benzene rings is 2. The van der Waals surface area contributed by atoms with Gasteiger partial charge in [0.15, 0.2) is 11.5 Å². The van der Waals surface area contributed by atoms with Crippen molar-refractivity contribution >= 4 is 37.5 Å². The van der Waals surface area contributed by atoms with Gasteiger partial charge in [0.05, 0.1) is 33.3 Å². The predicted molar refractivity (Wildman–Crippen MR) is 114 cm³/mol. The van der Waals surface area contributed by atoms with Gasteiger partial charge in [0.25, 0.3) is 0 Å². The van der Waals surface area contributed by atoms with Crippen LogP contribution in [0.3, 0.4) is 0 Å². The molecule has 0 saturated heterocycles. The van der Waals surface area contributed by atoms with Crippen molar-refractivity contribution in [3.63, 3.8) is 0 Å². The molecule has 1 amide bonds. The molecule has 0 bridgehead atoms. The second-order valence-corrected chi connectivity index (χ2v) is 8.79. The third-order valence-electron chi connectivity index (χ3n) is 4.02. The minimum Gasteiger partial charge on any atom is -0.493 e. The lowest BCUT2D eigenvalue weighted by Crippen LogP contribution is -2.40. The number of nitrogens with zero attached hydrogens (tertiary/aromatic N) is 1. The van der Waals surface area contributed by atoms with Gasteiger partial charge in [0, 0.05) is 11.0 Å². The van der Waals surface area contributed by atoms with E-state index < -0.39 is 15.9 Å². The van der Waals surface area contributed by atoms with Gasteiger partial charge in [0.2, 0.25) is 21.7 Å². The van der Waals surface area contributed by atoms with Gasteiger partial charge in [-0.1, -0.05) is 12.1 Å². The summed E-state index contributed by atoms with van der Waals surface area (Å²) in [5.74, 6) is 0.909. The van der Waals surface area contributed by atoms with Gasteiger partial charge < -0.3 is 19.5 Å². The van der Waals surface area contributed by atoms with Gasteiger partial charge in [-0.2, -0.15) is 0 Å². The van der Waals surface area contributed by atoms with E-state index in [9.17, 15) is 13.2 Å². The highest BCUT2D eigenvalue weighted by atomic mass is 79.9. The second kappa shape index (κ2) is 9.84. The molecule has 2 aromatic rings. The summed E-state index contributed by atoms with van der Waals surface area (Å²) in [5, 5.41) is 2.72. The van der Waals surface area contributed by atoms with Crippen molar-refractivity contribution in [2.45, 2.75) is 6.54 Å². The lowest BCUT2D eigenvalue weighted by atomic mass is 10.1. The fraction of sp³-hybridized carbons (Fsp3) is 0.316. The van der Waals surface area contributed by atoms with Crippen molar-refractivity contribution < 1.29 is 27.4 Å². The van der Waals surface area contributed by atoms with E-state index in [-0.39, 0.29) is 13.1 Å². The summed E-state index contributed by atoms with van der Waals surface area (Å²) in [6, 6.07) is 10.2. The number of nitrogens with one attached hydrogen (secondary N) is 1. The maximum atomic E-state index is 12.5. The first-order valence-electron chi connectivity index (χ1n) is 8.49. The fourth-order valence-corrected chi connectivity index (χ4v) is 4.14. The topological polar surface area (TPSA) is 94.2 Å². The molecule has 29 heavy (non-hydrogen) atoms. The van der Waals surface area contributed by atoms with Crippen molar-refractivity contribution in [2.24, 2.45) is 0 Å². The molecule has 0 spiro atoms. The number of carbonyl (C=O) groups excluding carboxylic acids is 1. The zero-order valence-corrected chi connectivity index (χ0v) is 19.0. The molecule has 10 heteroatoms. The molecule has 0 aliphatic rings. The Kier molecular flexibility index (Phi) is 7.74. The summed E-state index contributed by atoms with van der Waals surface area (Å²) >= 11 is 3.32. The van der Waals surface area contributed by atoms with E-state index in [1.54, 1.807) is 36.4 Å². The Hall–Kier alpha value is -2.46. The number of hydrogen-bond donors (Lipinski definition) is 1. The van der Waals surface area contributed by atoms with E-state index in [1.807, 2.05) is 0 Å². The number of ether oxygens (including phenoxy) is 3. The third kappa shape index (κ3) is 5.77. The van der Waals surface area contributed by atoms with E-state index >= 15 is 0 Å². The highest BCUT2D eigenvalue weighted by Gasteiger charge is 2.22. The average Bonchev–Trinajstić information content (AvgIpc) is 2.69. The SMILES string of the molecule is COc1cc(CNC(=O)CN(c2ccccc2Br)S(C)(=O)=O)cc(OC)c1OC. The number of rotatable bonds is 9. The highest BCUT2D eigenvalue weighted by molar-refractivity contribution is 9.10. The number of amides is 1. The normalized spacial score (nSPS) is 10.9. The van der Waals surface area contributed by atoms with Crippen LogP contribution in [0.2, 0.25) is 0 Å². The zero-order chi connectivity index (χ0) is 21.6. The lowest BCUT2D eigenvalue weighted by Gasteiger charge is -2.23. The molecular formula is C19H23BrN2O6S. The Bertz CT molecular complexity index is 955. The van der Waals surface area contributed by atoms with Crippen LogP contribution < -0.4 is 23.8 Å². The number of para-hydroxylation sites is 1. The number of hydrogen-bond acceptors (Lipinski definition) is 6. The smallest absolute Gasteiger partial charge is 0.241 e. The van der Waals surface area contributed by atoms with Crippen LogP contribution in [0.5, 0.6) is 17.2 Å². The number of carbonyl (C=O) groups is 1. The van der Waals surface area contributed by atoms with Crippen LogP contribution in [0.4, 0.5) is 5.69 Å². The zero-order valence-electron chi connectivity index (χ0n) is 16.6. The van der Waals surface area contributed by atoms with Crippen LogP contribution in [0, 0.1) is 0 Å². The molecule has 0 aromatic heterocycles. The van der Waals surface area contributed by atoms with Crippen LogP contribution in [0.15, 0.2) is 40.9 Å². The highest BCUT2D eigenvalue weighted by Crippen LogP contribution is 2.38. The summed E-state index contributed by atoms with van der Waals surface area (Å²) < 4.78 is 41.9. The summed E-state index contributed by atoms with van der Waals surface area (Å²) in [5.41, 5.74) is 1.09. The Labute approximate surface area is 178 Å². The van der Waals surface area contributed by atoms with E-state index in [0.717, 1.165) is 10.6 Å². The number of halogens is 1. The molecule has 0 fully saturated rings. The summed E-state index contributed by atoms with van der Waals surface area (Å²) in [7, 11) is 0.843. The molecule has 0 unspecified atom stereocenters. The van der Waals surface area contributed by atoms with Crippen LogP contribution >= 0.6 is 15.9 Å². The summed E-state index contributed by atoms with van der Waals surface area (Å²) in [6.45, 7) is -0.199. The van der Waals surface area contributed by atoms with Gasteiger partial charge >= 0.3 is 0 Å². The van der Waals surface area contributed by atoms with Gasteiger partial charge in [-0.3, -0.25) is 9.10 Å². The van der Waals surface area contributed by atoms with Crippen LogP contribution in [-0.2, 0) is 21.4 Å². The molecule has 1 N–H and O–H groups in total. The molecule has 0 atom stereocenters. The average molecular weight is 487 g/mol. The maximum absolute atomic E-state index is 12.5. The van der Waals surface area contributed by atoms with Crippen molar-refractivity contribution in [3.05, 3.63) is 46.4 Å². The van der Waals surface area contributed by atoms with Crippen molar-refractivity contribution in [2.75, 3.05) is 38.4 Å². The molecule has 0 aliphatic carbocycles. The Morgan fingerprint density at radius 3 is 2.14 bits per heavy atom. The quantitative estimate of drug-likeness (QED) is 0.585. The van der Waals surface area contributed by atoms with E-state index in [0.29, 0.717) is 33.0 Å². The van der Waals surface area contributed by atoms with Crippen molar-refractivity contribution in [1.82, 2.24) is 5.32 Å². The van der Waals surface area contributed by atoms with E-state index in [4.69, 9.17) is 14.2 Å². The predicted octanol–water partition coefficient (Wildman–Crippen LogP) is 2.56. The monoisotopic (exact) mass is 486 g/mol. The first-order chi connectivity index (χ1) is 13.7. The molecule has 158 valence electrons. The molecule has 0 aliphatic heterocycles. The molecule has 2 rings (SSSR count). The van der Waals surface area contributed by atoms with Gasteiger partial charge in [-0.05, 0) is 45.8 Å². The Balaban J connectivity index is 2.17. The Morgan fingerprint density at radius 1 is 1.07 bits per heavy atom. The van der Waals surface area contributed by atoms with E-state index in [1.165, 1.54) is 21.3 Å². The van der Waals surface area contributed by atoms with Crippen molar-refractivity contribution in [1.29, 1.82) is 0 Å². The van der Waals surface area contributed by atoms with Crippen LogP contribution in [0.25, 0.3) is 0 Å². The van der Waals surface area contributed by atoms with Crippen LogP contribution in [0.1, 0.15) is 5.56 Å². The summed E-state index contributed by atoms with van der Waals surface area (Å²) in [6.07, 6.45) is 1.05. The maximum Gasteiger partial charge on any atom is 0.241 e. The molecular weight excluding hydrogens is 464 g/mol. The van der Waals surface area contributed by atoms with Gasteiger partial charge in [0.1, 0.15) is 6.54 Å². The van der Waals surface area contributed by atoms with Crippen LogP contribution in [-0.4, -0.2) is 48.5 Å². The number of sulfonamides is 1. The fourth-order valence-electron chi connectivity index (χ4n) is 2.66. The molecule has 0 saturated carbocycles. The molecule has 8 nitrogen and oxygen atoms in total. The van der Waals surface area contributed by atoms with E-state index in [2.05, 4.69) is 21.2 Å². The lowest BCUT2D eigenvalue weighted by molar-refractivity contribution is -0.119. The first-order valence-corrected chi connectivity index (χ1v) is 11.1. The minimum atomic E-state index is -3.66. The number of anilines is 1. The number of methoxy groups -OCH3 is 3. The molecule has 0 heterocycles. The second-order valence-electron chi connectivity index (χ2n) is 6.03. The van der Waals surface area contributed by atoms with Gasteiger partial charge in [-0.15, -0.1) is 0 Å². The largest absolute Gasteiger partial charge is 0.493 e. The first kappa shape index (κ1) is 22.8. The molecule has 0 radical (unpaired) electrons. The third-order valence-corrected chi connectivity index (χ3v) is 5.82. The molecule has 2 aromatic carbocycles. The summed E-state index contributed by atoms with van der Waals surface area (Å²) in [4.78, 5) is 12.5. The standard InChI is InChI=1S/C19H23BrN2O6S/c1-26-16-9-13(10-17(27-2)19(16)28-3)11-21-18(23)12-22(29(4,24)25)15-8-6-5-7-14(15)20/h5-10H,11-12H2,1-4H3,(H,21,23). The Morgan fingerprint density at radius 2 is 1.66 bits per heavy atom. The van der Waals surface area contributed by atoms with Crippen molar-refractivity contribution in [3.8, 4) is 17.2 Å². The van der Waals surface area contributed by atoms with Gasteiger partial charge in [-0.25, -0.2) is 8.42 Å². The minimum absolute atomic E-state index is 0.156.